The van der Waals surface area contributed by atoms with Gasteiger partial charge >= 0.3 is 0 Å². The molecule has 2 fully saturated rings. The van der Waals surface area contributed by atoms with Gasteiger partial charge in [-0.2, -0.15) is 0 Å². The lowest BCUT2D eigenvalue weighted by molar-refractivity contribution is -0.148. The van der Waals surface area contributed by atoms with Crippen LogP contribution in [0, 0.1) is 24.7 Å². The summed E-state index contributed by atoms with van der Waals surface area (Å²) < 4.78 is 0. The molecule has 1 aromatic carbocycles. The summed E-state index contributed by atoms with van der Waals surface area (Å²) in [6, 6.07) is 3.27. The first kappa shape index (κ1) is 19.4. The number of halogens is 1. The third-order valence-electron chi connectivity index (χ3n) is 6.41. The number of nitrogens with zero attached hydrogens (tertiary/aromatic N) is 1. The largest absolute Gasteiger partial charge is 0.324 e. The quantitative estimate of drug-likeness (QED) is 0.707. The lowest BCUT2D eigenvalue weighted by Crippen LogP contribution is -2.56. The fourth-order valence-corrected chi connectivity index (χ4v) is 5.31. The van der Waals surface area contributed by atoms with E-state index in [1.807, 2.05) is 41.5 Å². The van der Waals surface area contributed by atoms with E-state index in [9.17, 15) is 14.4 Å². The van der Waals surface area contributed by atoms with Crippen molar-refractivity contribution in [3.8, 4) is 0 Å². The fourth-order valence-electron chi connectivity index (χ4n) is 5.16. The van der Waals surface area contributed by atoms with E-state index in [4.69, 9.17) is 11.6 Å². The summed E-state index contributed by atoms with van der Waals surface area (Å²) in [7, 11) is 0. The van der Waals surface area contributed by atoms with Crippen LogP contribution in [0.4, 0.5) is 5.69 Å². The minimum absolute atomic E-state index is 0.0776. The van der Waals surface area contributed by atoms with Gasteiger partial charge in [-0.3, -0.25) is 24.6 Å². The normalized spacial score (nSPS) is 31.8. The smallest absolute Gasteiger partial charge is 0.250 e. The molecule has 4 unspecified atom stereocenters. The number of rotatable bonds is 1. The average Bonchev–Trinajstić information content (AvgIpc) is 3.16. The Labute approximate surface area is 170 Å². The Balaban J connectivity index is 1.96. The standard InChI is InChI=1S/C21H26ClN3O3/c1-9(2)15-13-14(18(27)25(17(13)26)20(4,5)6)21(24-15)11-7-8-12(22)10(3)16(11)23-19(21)28/h7-9,13-15,24H,1-6H3,(H,23,28). The number of anilines is 1. The molecule has 2 saturated heterocycles. The first-order chi connectivity index (χ1) is 12.9. The molecule has 0 aliphatic carbocycles. The van der Waals surface area contributed by atoms with E-state index in [-0.39, 0.29) is 29.7 Å². The van der Waals surface area contributed by atoms with Crippen LogP contribution in [-0.2, 0) is 19.9 Å². The van der Waals surface area contributed by atoms with Gasteiger partial charge in [0, 0.05) is 22.2 Å². The van der Waals surface area contributed by atoms with E-state index in [2.05, 4.69) is 10.6 Å². The highest BCUT2D eigenvalue weighted by Crippen LogP contribution is 2.55. The minimum Gasteiger partial charge on any atom is -0.324 e. The molecule has 3 aliphatic heterocycles. The number of fused-ring (bicyclic) bond motifs is 4. The monoisotopic (exact) mass is 403 g/mol. The number of likely N-dealkylation sites (tertiary alicyclic amines) is 1. The zero-order valence-electron chi connectivity index (χ0n) is 17.0. The van der Waals surface area contributed by atoms with Crippen LogP contribution < -0.4 is 10.6 Å². The summed E-state index contributed by atoms with van der Waals surface area (Å²) >= 11 is 6.26. The van der Waals surface area contributed by atoms with Gasteiger partial charge in [-0.15, -0.1) is 0 Å². The van der Waals surface area contributed by atoms with Crippen molar-refractivity contribution in [2.45, 2.75) is 58.7 Å². The van der Waals surface area contributed by atoms with Crippen molar-refractivity contribution in [1.82, 2.24) is 10.2 Å². The van der Waals surface area contributed by atoms with Crippen LogP contribution in [0.15, 0.2) is 12.1 Å². The van der Waals surface area contributed by atoms with Crippen LogP contribution >= 0.6 is 11.6 Å². The van der Waals surface area contributed by atoms with E-state index in [0.717, 1.165) is 5.56 Å². The number of amides is 3. The van der Waals surface area contributed by atoms with Gasteiger partial charge in [0.05, 0.1) is 17.5 Å². The second-order valence-corrected chi connectivity index (χ2v) is 9.86. The van der Waals surface area contributed by atoms with Crippen LogP contribution in [0.1, 0.15) is 45.7 Å². The number of imide groups is 1. The number of benzene rings is 1. The molecule has 3 aliphatic rings. The molecule has 150 valence electrons. The minimum atomic E-state index is -1.25. The first-order valence-corrected chi connectivity index (χ1v) is 10.1. The van der Waals surface area contributed by atoms with Gasteiger partial charge in [-0.25, -0.2) is 0 Å². The Morgan fingerprint density at radius 1 is 1.14 bits per heavy atom. The van der Waals surface area contributed by atoms with E-state index in [1.54, 1.807) is 12.1 Å². The molecule has 28 heavy (non-hydrogen) atoms. The van der Waals surface area contributed by atoms with Gasteiger partial charge in [0.25, 0.3) is 0 Å². The maximum absolute atomic E-state index is 13.5. The van der Waals surface area contributed by atoms with Crippen LogP contribution in [0.25, 0.3) is 0 Å². The van der Waals surface area contributed by atoms with Gasteiger partial charge in [0.1, 0.15) is 5.54 Å². The summed E-state index contributed by atoms with van der Waals surface area (Å²) in [4.78, 5) is 41.6. The molecule has 1 aromatic rings. The van der Waals surface area contributed by atoms with Crippen molar-refractivity contribution < 1.29 is 14.4 Å². The van der Waals surface area contributed by atoms with Crippen molar-refractivity contribution in [3.05, 3.63) is 28.3 Å². The van der Waals surface area contributed by atoms with E-state index < -0.39 is 22.9 Å². The molecule has 3 amide bonds. The summed E-state index contributed by atoms with van der Waals surface area (Å²) in [5.41, 5.74) is 0.212. The Hall–Kier alpha value is -1.92. The van der Waals surface area contributed by atoms with E-state index in [0.29, 0.717) is 16.3 Å². The Morgan fingerprint density at radius 2 is 1.79 bits per heavy atom. The molecule has 0 radical (unpaired) electrons. The molecule has 1 spiro atoms. The zero-order valence-corrected chi connectivity index (χ0v) is 17.8. The maximum atomic E-state index is 13.5. The molecular weight excluding hydrogens is 378 g/mol. The second-order valence-electron chi connectivity index (χ2n) is 9.46. The Kier molecular flexibility index (Phi) is 4.02. The molecule has 4 atom stereocenters. The topological polar surface area (TPSA) is 78.5 Å². The highest BCUT2D eigenvalue weighted by molar-refractivity contribution is 6.32. The second kappa shape index (κ2) is 5.80. The molecule has 3 heterocycles. The van der Waals surface area contributed by atoms with Gasteiger partial charge in [-0.1, -0.05) is 31.5 Å². The van der Waals surface area contributed by atoms with Crippen molar-refractivity contribution in [2.24, 2.45) is 17.8 Å². The van der Waals surface area contributed by atoms with E-state index in [1.165, 1.54) is 4.90 Å². The first-order valence-electron chi connectivity index (χ1n) is 9.69. The summed E-state index contributed by atoms with van der Waals surface area (Å²) in [5.74, 6) is -2.03. The van der Waals surface area contributed by atoms with Crippen molar-refractivity contribution in [2.75, 3.05) is 5.32 Å². The lowest BCUT2D eigenvalue weighted by Gasteiger charge is -2.35. The van der Waals surface area contributed by atoms with E-state index >= 15 is 0 Å². The third kappa shape index (κ3) is 2.22. The van der Waals surface area contributed by atoms with Crippen LogP contribution in [-0.4, -0.2) is 34.2 Å². The highest BCUT2D eigenvalue weighted by atomic mass is 35.5. The van der Waals surface area contributed by atoms with Gasteiger partial charge in [0.2, 0.25) is 17.7 Å². The Morgan fingerprint density at radius 3 is 2.36 bits per heavy atom. The van der Waals surface area contributed by atoms with Gasteiger partial charge in [0.15, 0.2) is 0 Å². The highest BCUT2D eigenvalue weighted by Gasteiger charge is 2.71. The SMILES string of the molecule is Cc1c(Cl)ccc2c1NC(=O)C21NC(C(C)C)C2C(=O)N(C(C)(C)C)C(=O)C21. The fraction of sp³-hybridized carbons (Fsp3) is 0.571. The molecule has 6 nitrogen and oxygen atoms in total. The number of carbonyl (C=O) groups is 3. The summed E-state index contributed by atoms with van der Waals surface area (Å²) in [5, 5.41) is 6.91. The number of nitrogens with one attached hydrogen (secondary N) is 2. The molecule has 2 N–H and O–H groups in total. The average molecular weight is 404 g/mol. The molecule has 0 aromatic heterocycles. The Bertz CT molecular complexity index is 920. The molecule has 4 rings (SSSR count). The lowest BCUT2D eigenvalue weighted by atomic mass is 9.75. The summed E-state index contributed by atoms with van der Waals surface area (Å²) in [6.45, 7) is 11.4. The molecule has 7 heteroatoms. The third-order valence-corrected chi connectivity index (χ3v) is 6.82. The number of hydrogen-bond donors (Lipinski definition) is 2. The van der Waals surface area contributed by atoms with Crippen LogP contribution in [0.2, 0.25) is 5.02 Å². The number of hydrogen-bond acceptors (Lipinski definition) is 4. The van der Waals surface area contributed by atoms with Gasteiger partial charge < -0.3 is 5.32 Å². The van der Waals surface area contributed by atoms with Crippen molar-refractivity contribution >= 4 is 35.0 Å². The number of carbonyl (C=O) groups excluding carboxylic acids is 3. The molecule has 0 saturated carbocycles. The van der Waals surface area contributed by atoms with Gasteiger partial charge in [-0.05, 0) is 45.2 Å². The van der Waals surface area contributed by atoms with Crippen LogP contribution in [0.3, 0.4) is 0 Å². The molecular formula is C21H26ClN3O3. The van der Waals surface area contributed by atoms with Crippen molar-refractivity contribution in [1.29, 1.82) is 0 Å². The summed E-state index contributed by atoms with van der Waals surface area (Å²) in [6.07, 6.45) is 0. The van der Waals surface area contributed by atoms with Crippen molar-refractivity contribution in [3.63, 3.8) is 0 Å². The molecule has 0 bridgehead atoms. The van der Waals surface area contributed by atoms with Crippen LogP contribution in [0.5, 0.6) is 0 Å². The zero-order chi connectivity index (χ0) is 20.8. The predicted molar refractivity (Wildman–Crippen MR) is 107 cm³/mol. The predicted octanol–water partition coefficient (Wildman–Crippen LogP) is 2.82. The maximum Gasteiger partial charge on any atom is 0.250 e.